The van der Waals surface area contributed by atoms with Crippen molar-refractivity contribution in [2.75, 3.05) is 20.3 Å². The number of esters is 1. The first-order chi connectivity index (χ1) is 12.2. The smallest absolute Gasteiger partial charge is 0.314 e. The largest absolute Gasteiger partial charge is 0.469 e. The number of methoxy groups -OCH3 is 1. The summed E-state index contributed by atoms with van der Waals surface area (Å²) in [6.07, 6.45) is 0.983. The van der Waals surface area contributed by atoms with Crippen molar-refractivity contribution in [3.8, 4) is 0 Å². The zero-order chi connectivity index (χ0) is 19.9. The molecule has 0 radical (unpaired) electrons. The number of ether oxygens (including phenoxy) is 2. The Bertz CT molecular complexity index is 644. The number of hydrogen-bond donors (Lipinski definition) is 3. The monoisotopic (exact) mass is 365 g/mol. The summed E-state index contributed by atoms with van der Waals surface area (Å²) >= 11 is 0. The van der Waals surface area contributed by atoms with E-state index in [0.29, 0.717) is 12.2 Å². The van der Waals surface area contributed by atoms with Gasteiger partial charge in [-0.3, -0.25) is 4.79 Å². The Morgan fingerprint density at radius 2 is 2.08 bits per heavy atom. The van der Waals surface area contributed by atoms with Gasteiger partial charge in [-0.1, -0.05) is 18.2 Å². The van der Waals surface area contributed by atoms with Crippen LogP contribution in [-0.2, 0) is 20.9 Å². The van der Waals surface area contributed by atoms with Gasteiger partial charge in [-0.2, -0.15) is 0 Å². The summed E-state index contributed by atoms with van der Waals surface area (Å²) in [5.41, 5.74) is 7.96. The first kappa shape index (κ1) is 22.0. The minimum Gasteiger partial charge on any atom is -0.469 e. The van der Waals surface area contributed by atoms with Crippen LogP contribution in [0.1, 0.15) is 43.6 Å². The molecule has 0 aliphatic rings. The average molecular weight is 365 g/mol. The van der Waals surface area contributed by atoms with Crippen molar-refractivity contribution in [2.24, 2.45) is 17.0 Å². The van der Waals surface area contributed by atoms with E-state index >= 15 is 0 Å². The van der Waals surface area contributed by atoms with E-state index < -0.39 is 17.5 Å². The van der Waals surface area contributed by atoms with Crippen molar-refractivity contribution >= 4 is 5.97 Å². The second-order valence-electron chi connectivity index (χ2n) is 6.78. The van der Waals surface area contributed by atoms with Crippen LogP contribution in [0.5, 0.6) is 0 Å². The van der Waals surface area contributed by atoms with Crippen LogP contribution in [0.2, 0.25) is 0 Å². The van der Waals surface area contributed by atoms with Crippen LogP contribution in [0.3, 0.4) is 0 Å². The molecule has 0 amide bonds. The number of aryl methyl sites for hydroxylation is 1. The van der Waals surface area contributed by atoms with Crippen LogP contribution >= 0.6 is 0 Å². The predicted molar refractivity (Wildman–Crippen MR) is 100 cm³/mol. The minimum absolute atomic E-state index is 0.0915. The molecule has 0 spiro atoms. The Hall–Kier alpha value is -2.09. The van der Waals surface area contributed by atoms with E-state index in [-0.39, 0.29) is 13.2 Å². The zero-order valence-electron chi connectivity index (χ0n) is 16.3. The lowest BCUT2D eigenvalue weighted by Gasteiger charge is -2.32. The van der Waals surface area contributed by atoms with Gasteiger partial charge in [-0.05, 0) is 44.4 Å². The number of aliphatic hydroxyl groups excluding tert-OH is 1. The Morgan fingerprint density at radius 1 is 1.42 bits per heavy atom. The van der Waals surface area contributed by atoms with Crippen molar-refractivity contribution in [2.45, 2.75) is 40.4 Å². The molecule has 5 N–H and O–H groups in total. The number of nitrogens with zero attached hydrogens (tertiary/aromatic N) is 1. The van der Waals surface area contributed by atoms with E-state index in [1.54, 1.807) is 20.0 Å². The van der Waals surface area contributed by atoms with E-state index in [4.69, 9.17) is 21.1 Å². The second kappa shape index (κ2) is 9.56. The molecule has 1 rings (SSSR count). The molecule has 1 atom stereocenters. The fourth-order valence-corrected chi connectivity index (χ4v) is 2.64. The number of hydrazine groups is 1. The summed E-state index contributed by atoms with van der Waals surface area (Å²) in [6, 6.07) is 5.61. The van der Waals surface area contributed by atoms with Crippen molar-refractivity contribution < 1.29 is 19.4 Å². The lowest BCUT2D eigenvalue weighted by atomic mass is 9.81. The maximum Gasteiger partial charge on any atom is 0.314 e. The van der Waals surface area contributed by atoms with Gasteiger partial charge in [0.05, 0.1) is 37.5 Å². The highest BCUT2D eigenvalue weighted by molar-refractivity contribution is 5.77. The lowest BCUT2D eigenvalue weighted by molar-refractivity contribution is -0.160. The van der Waals surface area contributed by atoms with Crippen LogP contribution in [0, 0.1) is 12.3 Å². The van der Waals surface area contributed by atoms with Gasteiger partial charge in [-0.25, -0.2) is 5.84 Å². The maximum atomic E-state index is 12.3. The van der Waals surface area contributed by atoms with Crippen LogP contribution in [0.15, 0.2) is 30.1 Å². The molecule has 1 aromatic rings. The molecule has 0 heterocycles. The number of nitrogens with two attached hydrogens (primary N) is 2. The van der Waals surface area contributed by atoms with Crippen LogP contribution in [0.25, 0.3) is 0 Å². The predicted octanol–water partition coefficient (Wildman–Crippen LogP) is 1.74. The van der Waals surface area contributed by atoms with Crippen LogP contribution < -0.4 is 11.6 Å². The van der Waals surface area contributed by atoms with Crippen molar-refractivity contribution in [3.05, 3.63) is 46.8 Å². The first-order valence-electron chi connectivity index (χ1n) is 8.55. The highest BCUT2D eigenvalue weighted by Gasteiger charge is 2.40. The topological polar surface area (TPSA) is 111 Å². The van der Waals surface area contributed by atoms with Crippen molar-refractivity contribution in [1.29, 1.82) is 0 Å². The summed E-state index contributed by atoms with van der Waals surface area (Å²) in [4.78, 5) is 12.3. The molecule has 1 aromatic carbocycles. The Morgan fingerprint density at radius 3 is 2.62 bits per heavy atom. The van der Waals surface area contributed by atoms with Crippen molar-refractivity contribution in [1.82, 2.24) is 5.01 Å². The van der Waals surface area contributed by atoms with E-state index in [0.717, 1.165) is 16.7 Å². The summed E-state index contributed by atoms with van der Waals surface area (Å²) in [6.45, 7) is 7.93. The maximum absolute atomic E-state index is 12.3. The van der Waals surface area contributed by atoms with Gasteiger partial charge in [-0.15, -0.1) is 0 Å². The number of benzene rings is 1. The highest BCUT2D eigenvalue weighted by Crippen LogP contribution is 2.38. The number of aliphatic hydroxyl groups is 1. The summed E-state index contributed by atoms with van der Waals surface area (Å²) in [7, 11) is 1.34. The second-order valence-corrected chi connectivity index (χ2v) is 6.78. The van der Waals surface area contributed by atoms with Gasteiger partial charge in [0.25, 0.3) is 0 Å². The SMILES string of the molecule is CCN(N)/C=C(\N)COC(c1ccc(C)c(CO)c1)C(C)(C)C(=O)OC. The Balaban J connectivity index is 3.19. The number of rotatable bonds is 9. The average Bonchev–Trinajstić information content (AvgIpc) is 2.61. The molecule has 0 fully saturated rings. The molecular formula is C19H31N3O4. The van der Waals surface area contributed by atoms with Gasteiger partial charge in [0.1, 0.15) is 0 Å². The van der Waals surface area contributed by atoms with Gasteiger partial charge in [0.15, 0.2) is 0 Å². The fourth-order valence-electron chi connectivity index (χ4n) is 2.64. The van der Waals surface area contributed by atoms with Gasteiger partial charge >= 0.3 is 5.97 Å². The van der Waals surface area contributed by atoms with Crippen LogP contribution in [-0.4, -0.2) is 36.3 Å². The third-order valence-electron chi connectivity index (χ3n) is 4.33. The highest BCUT2D eigenvalue weighted by atomic mass is 16.5. The minimum atomic E-state index is -0.954. The molecule has 0 saturated heterocycles. The molecule has 0 aliphatic heterocycles. The standard InChI is InChI=1S/C19H31N3O4/c1-6-22(21)10-16(20)12-26-17(19(3,4)18(24)25-5)14-8-7-13(2)15(9-14)11-23/h7-10,17,23H,6,11-12,20-21H2,1-5H3/b16-10-. The third-order valence-corrected chi connectivity index (χ3v) is 4.33. The van der Waals surface area contributed by atoms with Crippen molar-refractivity contribution in [3.63, 3.8) is 0 Å². The molecule has 0 saturated carbocycles. The number of carbonyl (C=O) groups is 1. The van der Waals surface area contributed by atoms with E-state index in [2.05, 4.69) is 0 Å². The van der Waals surface area contributed by atoms with E-state index in [1.807, 2.05) is 32.0 Å². The molecule has 146 valence electrons. The summed E-state index contributed by atoms with van der Waals surface area (Å²) in [5, 5.41) is 11.0. The quantitative estimate of drug-likeness (QED) is 0.347. The molecular weight excluding hydrogens is 334 g/mol. The molecule has 0 aromatic heterocycles. The normalized spacial score (nSPS) is 13.4. The van der Waals surface area contributed by atoms with E-state index in [1.165, 1.54) is 12.1 Å². The Kier molecular flexibility index (Phi) is 8.08. The first-order valence-corrected chi connectivity index (χ1v) is 8.55. The summed E-state index contributed by atoms with van der Waals surface area (Å²) < 4.78 is 10.9. The van der Waals surface area contributed by atoms with Gasteiger partial charge in [0.2, 0.25) is 0 Å². The molecule has 7 heteroatoms. The molecule has 26 heavy (non-hydrogen) atoms. The number of hydrogen-bond acceptors (Lipinski definition) is 7. The van der Waals surface area contributed by atoms with E-state index in [9.17, 15) is 9.90 Å². The number of carbonyl (C=O) groups excluding carboxylic acids is 1. The molecule has 1 unspecified atom stereocenters. The van der Waals surface area contributed by atoms with Gasteiger partial charge < -0.3 is 25.3 Å². The lowest BCUT2D eigenvalue weighted by Crippen LogP contribution is -2.35. The summed E-state index contributed by atoms with van der Waals surface area (Å²) in [5.74, 6) is 5.32. The molecule has 0 bridgehead atoms. The fraction of sp³-hybridized carbons (Fsp3) is 0.526. The third kappa shape index (κ3) is 5.45. The molecule has 7 nitrogen and oxygen atoms in total. The van der Waals surface area contributed by atoms with Crippen LogP contribution in [0.4, 0.5) is 0 Å². The zero-order valence-corrected chi connectivity index (χ0v) is 16.3. The van der Waals surface area contributed by atoms with Gasteiger partial charge in [0, 0.05) is 12.7 Å². The Labute approximate surface area is 155 Å². The molecule has 0 aliphatic carbocycles.